The van der Waals surface area contributed by atoms with Gasteiger partial charge in [0.15, 0.2) is 0 Å². The fraction of sp³-hybridized carbons (Fsp3) is 0.467. The minimum atomic E-state index is -0.275. The van der Waals surface area contributed by atoms with Gasteiger partial charge < -0.3 is 15.5 Å². The highest BCUT2D eigenvalue weighted by Gasteiger charge is 2.30. The first kappa shape index (κ1) is 15.7. The van der Waals surface area contributed by atoms with Crippen molar-refractivity contribution in [2.24, 2.45) is 0 Å². The minimum absolute atomic E-state index is 0.00291. The molecular formula is C15H20N4OS. The zero-order valence-corrected chi connectivity index (χ0v) is 13.2. The third-order valence-electron chi connectivity index (χ3n) is 3.54. The number of nitrogens with one attached hydrogen (secondary N) is 2. The fourth-order valence-corrected chi connectivity index (χ4v) is 3.13. The Morgan fingerprint density at radius 2 is 2.43 bits per heavy atom. The van der Waals surface area contributed by atoms with Crippen LogP contribution in [0, 0.1) is 11.3 Å². The summed E-state index contributed by atoms with van der Waals surface area (Å²) in [7, 11) is 0. The molecule has 112 valence electrons. The van der Waals surface area contributed by atoms with Gasteiger partial charge in [0.1, 0.15) is 12.1 Å². The number of hydrogen-bond acceptors (Lipinski definition) is 5. The number of nitriles is 1. The Bertz CT molecular complexity index is 555. The summed E-state index contributed by atoms with van der Waals surface area (Å²) in [6, 6.07) is 7.82. The van der Waals surface area contributed by atoms with Crippen molar-refractivity contribution in [2.75, 3.05) is 37.3 Å². The SMILES string of the molecule is CCNC(=O)C1CNCCN1c1cccc(SC)c1C#N. The minimum Gasteiger partial charge on any atom is -0.356 e. The van der Waals surface area contributed by atoms with Crippen LogP contribution in [0.3, 0.4) is 0 Å². The summed E-state index contributed by atoms with van der Waals surface area (Å²) >= 11 is 1.55. The lowest BCUT2D eigenvalue weighted by Gasteiger charge is -2.37. The number of anilines is 1. The van der Waals surface area contributed by atoms with Crippen LogP contribution in [0.5, 0.6) is 0 Å². The van der Waals surface area contributed by atoms with E-state index in [1.165, 1.54) is 0 Å². The highest BCUT2D eigenvalue weighted by molar-refractivity contribution is 7.98. The second-order valence-electron chi connectivity index (χ2n) is 4.77. The van der Waals surface area contributed by atoms with Gasteiger partial charge in [-0.3, -0.25) is 4.79 Å². The molecule has 1 fully saturated rings. The molecule has 0 aromatic heterocycles. The van der Waals surface area contributed by atoms with Crippen LogP contribution in [0.15, 0.2) is 23.1 Å². The van der Waals surface area contributed by atoms with Crippen molar-refractivity contribution in [1.29, 1.82) is 5.26 Å². The van der Waals surface area contributed by atoms with Gasteiger partial charge in [0.05, 0.1) is 11.3 Å². The Labute approximate surface area is 129 Å². The van der Waals surface area contributed by atoms with Crippen molar-refractivity contribution in [3.05, 3.63) is 23.8 Å². The lowest BCUT2D eigenvalue weighted by molar-refractivity contribution is -0.122. The molecule has 1 aromatic rings. The molecule has 21 heavy (non-hydrogen) atoms. The lowest BCUT2D eigenvalue weighted by atomic mass is 10.1. The van der Waals surface area contributed by atoms with Crippen LogP contribution in [0.1, 0.15) is 12.5 Å². The summed E-state index contributed by atoms with van der Waals surface area (Å²) < 4.78 is 0. The number of thioether (sulfide) groups is 1. The Morgan fingerprint density at radius 3 is 3.10 bits per heavy atom. The van der Waals surface area contributed by atoms with Crippen molar-refractivity contribution in [3.63, 3.8) is 0 Å². The Hall–Kier alpha value is -1.71. The molecule has 1 atom stereocenters. The lowest BCUT2D eigenvalue weighted by Crippen LogP contribution is -2.58. The molecule has 0 aliphatic carbocycles. The van der Waals surface area contributed by atoms with Crippen LogP contribution >= 0.6 is 11.8 Å². The van der Waals surface area contributed by atoms with Crippen LogP contribution in [0.25, 0.3) is 0 Å². The summed E-state index contributed by atoms with van der Waals surface area (Å²) in [6.07, 6.45) is 1.96. The molecule has 1 aromatic carbocycles. The molecule has 2 N–H and O–H groups in total. The molecule has 0 radical (unpaired) electrons. The van der Waals surface area contributed by atoms with Gasteiger partial charge in [-0.25, -0.2) is 0 Å². The first-order valence-corrected chi connectivity index (χ1v) is 8.27. The number of hydrogen-bond donors (Lipinski definition) is 2. The highest BCUT2D eigenvalue weighted by Crippen LogP contribution is 2.30. The van der Waals surface area contributed by atoms with Crippen LogP contribution in [-0.2, 0) is 4.79 Å². The average molecular weight is 304 g/mol. The van der Waals surface area contributed by atoms with Crippen molar-refractivity contribution in [3.8, 4) is 6.07 Å². The fourth-order valence-electron chi connectivity index (χ4n) is 2.56. The normalized spacial score (nSPS) is 18.1. The number of piperazine rings is 1. The van der Waals surface area contributed by atoms with Crippen molar-refractivity contribution < 1.29 is 4.79 Å². The smallest absolute Gasteiger partial charge is 0.244 e. The monoisotopic (exact) mass is 304 g/mol. The molecule has 1 saturated heterocycles. The van der Waals surface area contributed by atoms with E-state index in [0.29, 0.717) is 25.2 Å². The number of carbonyl (C=O) groups is 1. The third-order valence-corrected chi connectivity index (χ3v) is 4.32. The molecule has 0 spiro atoms. The molecule has 1 unspecified atom stereocenters. The number of benzene rings is 1. The predicted molar refractivity (Wildman–Crippen MR) is 85.6 cm³/mol. The molecule has 1 heterocycles. The van der Waals surface area contributed by atoms with Crippen molar-refractivity contribution in [1.82, 2.24) is 10.6 Å². The Morgan fingerprint density at radius 1 is 1.62 bits per heavy atom. The molecule has 6 heteroatoms. The number of amides is 1. The topological polar surface area (TPSA) is 68.2 Å². The molecule has 0 saturated carbocycles. The van der Waals surface area contributed by atoms with Gasteiger partial charge in [-0.1, -0.05) is 6.07 Å². The third kappa shape index (κ3) is 3.31. The maximum absolute atomic E-state index is 12.3. The van der Waals surface area contributed by atoms with E-state index in [4.69, 9.17) is 0 Å². The maximum atomic E-state index is 12.3. The van der Waals surface area contributed by atoms with Gasteiger partial charge in [0.2, 0.25) is 5.91 Å². The maximum Gasteiger partial charge on any atom is 0.244 e. The van der Waals surface area contributed by atoms with E-state index in [1.807, 2.05) is 36.3 Å². The summed E-state index contributed by atoms with van der Waals surface area (Å²) in [6.45, 7) is 4.64. The van der Waals surface area contributed by atoms with Gasteiger partial charge in [-0.15, -0.1) is 11.8 Å². The highest BCUT2D eigenvalue weighted by atomic mass is 32.2. The van der Waals surface area contributed by atoms with E-state index < -0.39 is 0 Å². The number of likely N-dealkylation sites (N-methyl/N-ethyl adjacent to an activating group) is 1. The summed E-state index contributed by atoms with van der Waals surface area (Å²) in [5.41, 5.74) is 1.50. The van der Waals surface area contributed by atoms with Gasteiger partial charge >= 0.3 is 0 Å². The van der Waals surface area contributed by atoms with E-state index in [1.54, 1.807) is 11.8 Å². The summed E-state index contributed by atoms with van der Waals surface area (Å²) in [5, 5.41) is 15.6. The second-order valence-corrected chi connectivity index (χ2v) is 5.62. The van der Waals surface area contributed by atoms with E-state index >= 15 is 0 Å². The molecular weight excluding hydrogens is 284 g/mol. The van der Waals surface area contributed by atoms with Crippen molar-refractivity contribution in [2.45, 2.75) is 17.9 Å². The second kappa shape index (κ2) is 7.34. The number of carbonyl (C=O) groups excluding carboxylic acids is 1. The Kier molecular flexibility index (Phi) is 5.48. The van der Waals surface area contributed by atoms with E-state index in [0.717, 1.165) is 17.1 Å². The zero-order chi connectivity index (χ0) is 15.2. The standard InChI is InChI=1S/C15H20N4OS/c1-3-18-15(20)13-10-17-7-8-19(13)12-5-4-6-14(21-2)11(12)9-16/h4-6,13,17H,3,7-8,10H2,1-2H3,(H,18,20). The first-order valence-electron chi connectivity index (χ1n) is 7.05. The van der Waals surface area contributed by atoms with Gasteiger partial charge in [-0.05, 0) is 25.3 Å². The van der Waals surface area contributed by atoms with Gasteiger partial charge in [0.25, 0.3) is 0 Å². The van der Waals surface area contributed by atoms with Crippen LogP contribution in [0.4, 0.5) is 5.69 Å². The first-order chi connectivity index (χ1) is 10.2. The molecule has 1 aliphatic rings. The zero-order valence-electron chi connectivity index (χ0n) is 12.3. The summed E-state index contributed by atoms with van der Waals surface area (Å²) in [5.74, 6) is 0.00291. The van der Waals surface area contributed by atoms with Crippen LogP contribution in [-0.4, -0.2) is 44.4 Å². The Balaban J connectivity index is 2.38. The van der Waals surface area contributed by atoms with Crippen LogP contribution in [0.2, 0.25) is 0 Å². The number of rotatable bonds is 4. The number of nitrogens with zero attached hydrogens (tertiary/aromatic N) is 2. The van der Waals surface area contributed by atoms with E-state index in [2.05, 4.69) is 16.7 Å². The van der Waals surface area contributed by atoms with E-state index in [-0.39, 0.29) is 11.9 Å². The molecule has 5 nitrogen and oxygen atoms in total. The van der Waals surface area contributed by atoms with Gasteiger partial charge in [0, 0.05) is 31.1 Å². The predicted octanol–water partition coefficient (Wildman–Crippen LogP) is 1.19. The molecule has 0 bridgehead atoms. The molecule has 2 rings (SSSR count). The van der Waals surface area contributed by atoms with Crippen molar-refractivity contribution >= 4 is 23.4 Å². The van der Waals surface area contributed by atoms with E-state index in [9.17, 15) is 10.1 Å². The largest absolute Gasteiger partial charge is 0.356 e. The van der Waals surface area contributed by atoms with Crippen LogP contribution < -0.4 is 15.5 Å². The quantitative estimate of drug-likeness (QED) is 0.818. The summed E-state index contributed by atoms with van der Waals surface area (Å²) in [4.78, 5) is 15.2. The average Bonchev–Trinajstić information content (AvgIpc) is 2.54. The van der Waals surface area contributed by atoms with Gasteiger partial charge in [-0.2, -0.15) is 5.26 Å². The molecule has 1 aliphatic heterocycles. The molecule has 1 amide bonds.